The Morgan fingerprint density at radius 2 is 1.76 bits per heavy atom. The lowest BCUT2D eigenvalue weighted by molar-refractivity contribution is -0.116. The number of thiophene rings is 1. The third-order valence-corrected chi connectivity index (χ3v) is 5.31. The molecule has 2 heterocycles. The summed E-state index contributed by atoms with van der Waals surface area (Å²) in [4.78, 5) is 13.0. The average molecular weight is 359 g/mol. The highest BCUT2D eigenvalue weighted by Gasteiger charge is 2.31. The van der Waals surface area contributed by atoms with Crippen LogP contribution < -0.4 is 5.32 Å². The summed E-state index contributed by atoms with van der Waals surface area (Å²) >= 11 is 1.39. The minimum Gasteiger partial charge on any atom is -0.325 e. The number of hydrogen-bond donors (Lipinski definition) is 1. The molecule has 0 saturated carbocycles. The first-order valence-electron chi connectivity index (χ1n) is 7.64. The molecule has 1 aliphatic rings. The summed E-state index contributed by atoms with van der Waals surface area (Å²) in [6.45, 7) is 0. The predicted octanol–water partition coefficient (Wildman–Crippen LogP) is 5.31. The molecule has 6 heteroatoms. The number of anilines is 1. The highest BCUT2D eigenvalue weighted by atomic mass is 32.1. The van der Waals surface area contributed by atoms with Crippen molar-refractivity contribution in [3.63, 3.8) is 0 Å². The molecule has 0 radical (unpaired) electrons. The molecule has 1 aliphatic heterocycles. The molecule has 1 N–H and O–H groups in total. The van der Waals surface area contributed by atoms with Gasteiger partial charge in [0.05, 0.1) is 5.69 Å². The molecule has 2 aromatic carbocycles. The van der Waals surface area contributed by atoms with Crippen LogP contribution in [0.2, 0.25) is 0 Å². The molecule has 0 aliphatic carbocycles. The Labute approximate surface area is 145 Å². The molecule has 1 atom stereocenters. The molecule has 0 saturated heterocycles. The second-order valence-electron chi connectivity index (χ2n) is 5.91. The summed E-state index contributed by atoms with van der Waals surface area (Å²) in [5.41, 5.74) is 2.35. The van der Waals surface area contributed by atoms with E-state index in [2.05, 4.69) is 5.32 Å². The number of benzene rings is 2. The number of carbonyl (C=O) groups is 1. The third-order valence-electron chi connectivity index (χ3n) is 4.21. The molecule has 4 rings (SSSR count). The largest absolute Gasteiger partial charge is 0.325 e. The second kappa shape index (κ2) is 6.04. The maximum atomic E-state index is 13.6. The number of hydrogen-bond acceptors (Lipinski definition) is 2. The van der Waals surface area contributed by atoms with Crippen molar-refractivity contribution in [2.45, 2.75) is 12.3 Å². The monoisotopic (exact) mass is 359 g/mol. The number of rotatable bonds is 2. The minimum atomic E-state index is -0.676. The maximum absolute atomic E-state index is 13.6. The van der Waals surface area contributed by atoms with Gasteiger partial charge in [-0.1, -0.05) is 12.1 Å². The van der Waals surface area contributed by atoms with Crippen molar-refractivity contribution in [2.24, 2.45) is 0 Å². The van der Waals surface area contributed by atoms with Crippen LogP contribution >= 0.6 is 11.3 Å². The maximum Gasteiger partial charge on any atom is 0.225 e. The molecule has 25 heavy (non-hydrogen) atoms. The van der Waals surface area contributed by atoms with Gasteiger partial charge in [-0.2, -0.15) is 0 Å². The lowest BCUT2D eigenvalue weighted by atomic mass is 9.89. The Hall–Kier alpha value is -2.60. The second-order valence-corrected chi connectivity index (χ2v) is 6.82. The van der Waals surface area contributed by atoms with Gasteiger partial charge in [-0.25, -0.2) is 13.2 Å². The molecule has 126 valence electrons. The molecule has 0 spiro atoms. The Bertz CT molecular complexity index is 962. The number of amides is 1. The topological polar surface area (TPSA) is 29.1 Å². The number of carbonyl (C=O) groups excluding carboxylic acids is 1. The fraction of sp³-hybridized carbons (Fsp3) is 0.105. The van der Waals surface area contributed by atoms with E-state index in [0.29, 0.717) is 22.4 Å². The van der Waals surface area contributed by atoms with Gasteiger partial charge >= 0.3 is 0 Å². The van der Waals surface area contributed by atoms with Crippen molar-refractivity contribution >= 4 is 22.9 Å². The molecule has 1 aromatic heterocycles. The Morgan fingerprint density at radius 3 is 2.48 bits per heavy atom. The Morgan fingerprint density at radius 1 is 1.00 bits per heavy atom. The first-order valence-corrected chi connectivity index (χ1v) is 8.52. The van der Waals surface area contributed by atoms with Crippen molar-refractivity contribution in [1.82, 2.24) is 0 Å². The fourth-order valence-corrected chi connectivity index (χ4v) is 4.30. The van der Waals surface area contributed by atoms with Gasteiger partial charge in [0, 0.05) is 34.2 Å². The summed E-state index contributed by atoms with van der Waals surface area (Å²) < 4.78 is 40.7. The molecule has 1 amide bonds. The van der Waals surface area contributed by atoms with Gasteiger partial charge in [0.25, 0.3) is 0 Å². The molecule has 0 unspecified atom stereocenters. The van der Waals surface area contributed by atoms with E-state index in [0.717, 1.165) is 10.9 Å². The van der Waals surface area contributed by atoms with Crippen LogP contribution in [0.4, 0.5) is 18.9 Å². The number of halogens is 3. The van der Waals surface area contributed by atoms with Crippen LogP contribution in [0.5, 0.6) is 0 Å². The predicted molar refractivity (Wildman–Crippen MR) is 91.2 cm³/mol. The smallest absolute Gasteiger partial charge is 0.225 e. The summed E-state index contributed by atoms with van der Waals surface area (Å²) in [6.07, 6.45) is 0.110. The third kappa shape index (κ3) is 2.93. The standard InChI is InChI=1S/C19H12F3NOS/c20-12-3-1-2-10(4-12)16-9-25-19-15(8-17(24)23-18(16)19)11-5-13(21)7-14(22)6-11/h1-7,9,15H,8H2,(H,23,24)/t15-/m0/s1. The minimum absolute atomic E-state index is 0.110. The quantitative estimate of drug-likeness (QED) is 0.660. The van der Waals surface area contributed by atoms with Crippen molar-refractivity contribution in [2.75, 3.05) is 5.32 Å². The van der Waals surface area contributed by atoms with E-state index < -0.39 is 17.6 Å². The van der Waals surface area contributed by atoms with Gasteiger partial charge in [-0.15, -0.1) is 11.3 Å². The van der Waals surface area contributed by atoms with Gasteiger partial charge in [0.1, 0.15) is 17.5 Å². The zero-order valence-electron chi connectivity index (χ0n) is 12.9. The van der Waals surface area contributed by atoms with Crippen molar-refractivity contribution < 1.29 is 18.0 Å². The van der Waals surface area contributed by atoms with E-state index in [9.17, 15) is 18.0 Å². The summed E-state index contributed by atoms with van der Waals surface area (Å²) in [6, 6.07) is 9.39. The fourth-order valence-electron chi connectivity index (χ4n) is 3.14. The van der Waals surface area contributed by atoms with Gasteiger partial charge in [-0.05, 0) is 35.4 Å². The van der Waals surface area contributed by atoms with E-state index in [1.165, 1.54) is 35.6 Å². The van der Waals surface area contributed by atoms with Gasteiger partial charge in [0.2, 0.25) is 5.91 Å². The first kappa shape index (κ1) is 15.9. The molecular weight excluding hydrogens is 347 g/mol. The van der Waals surface area contributed by atoms with Crippen LogP contribution in [0.15, 0.2) is 47.8 Å². The van der Waals surface area contributed by atoms with E-state index in [4.69, 9.17) is 0 Å². The van der Waals surface area contributed by atoms with Crippen LogP contribution in [-0.4, -0.2) is 5.91 Å². The summed E-state index contributed by atoms with van der Waals surface area (Å²) in [5, 5.41) is 4.64. The van der Waals surface area contributed by atoms with E-state index in [1.807, 2.05) is 5.38 Å². The van der Waals surface area contributed by atoms with Crippen LogP contribution in [0.1, 0.15) is 22.8 Å². The highest BCUT2D eigenvalue weighted by Crippen LogP contribution is 2.46. The van der Waals surface area contributed by atoms with Gasteiger partial charge in [0.15, 0.2) is 0 Å². The molecule has 3 aromatic rings. The van der Waals surface area contributed by atoms with Crippen molar-refractivity contribution in [3.05, 3.63) is 75.7 Å². The Kier molecular flexibility index (Phi) is 3.84. The number of nitrogens with one attached hydrogen (secondary N) is 1. The van der Waals surface area contributed by atoms with E-state index in [1.54, 1.807) is 12.1 Å². The average Bonchev–Trinajstić information content (AvgIpc) is 2.96. The zero-order chi connectivity index (χ0) is 17.6. The van der Waals surface area contributed by atoms with E-state index in [-0.39, 0.29) is 18.1 Å². The normalized spacial score (nSPS) is 16.4. The lowest BCUT2D eigenvalue weighted by Crippen LogP contribution is -2.22. The first-order chi connectivity index (χ1) is 12.0. The van der Waals surface area contributed by atoms with Crippen molar-refractivity contribution in [3.8, 4) is 11.1 Å². The van der Waals surface area contributed by atoms with Gasteiger partial charge < -0.3 is 5.32 Å². The highest BCUT2D eigenvalue weighted by molar-refractivity contribution is 7.11. The Balaban J connectivity index is 1.84. The van der Waals surface area contributed by atoms with Crippen molar-refractivity contribution in [1.29, 1.82) is 0 Å². The zero-order valence-corrected chi connectivity index (χ0v) is 13.7. The molecule has 0 bridgehead atoms. The number of fused-ring (bicyclic) bond motifs is 1. The van der Waals surface area contributed by atoms with E-state index >= 15 is 0 Å². The molecule has 2 nitrogen and oxygen atoms in total. The summed E-state index contributed by atoms with van der Waals surface area (Å²) in [7, 11) is 0. The van der Waals surface area contributed by atoms with Crippen LogP contribution in [-0.2, 0) is 4.79 Å². The molecule has 0 fully saturated rings. The SMILES string of the molecule is O=C1C[C@@H](c2cc(F)cc(F)c2)c2scc(-c3cccc(F)c3)c2N1. The summed E-state index contributed by atoms with van der Waals surface area (Å²) in [5.74, 6) is -2.39. The van der Waals surface area contributed by atoms with Gasteiger partial charge in [-0.3, -0.25) is 4.79 Å². The van der Waals surface area contributed by atoms with Crippen LogP contribution in [0.3, 0.4) is 0 Å². The lowest BCUT2D eigenvalue weighted by Gasteiger charge is -2.24. The van der Waals surface area contributed by atoms with Crippen LogP contribution in [0, 0.1) is 17.5 Å². The van der Waals surface area contributed by atoms with Crippen LogP contribution in [0.25, 0.3) is 11.1 Å². The molecular formula is C19H12F3NOS.